The number of anilines is 1. The molecule has 9 nitrogen and oxygen atoms in total. The second kappa shape index (κ2) is 9.48. The van der Waals surface area contributed by atoms with Gasteiger partial charge < -0.3 is 20.5 Å². The number of carboxylic acid groups (broad SMARTS) is 1. The van der Waals surface area contributed by atoms with Crippen LogP contribution in [0.3, 0.4) is 0 Å². The topological polar surface area (TPSA) is 125 Å². The first-order valence-corrected chi connectivity index (χ1v) is 9.71. The highest BCUT2D eigenvalue weighted by Gasteiger charge is 2.34. The van der Waals surface area contributed by atoms with Gasteiger partial charge in [0, 0.05) is 17.3 Å². The molecule has 0 spiro atoms. The molecule has 0 bridgehead atoms. The standard InChI is InChI=1S/C21H20ClN3O6/c1-31-17-7-4-15(22)9-13(17)8-14-10-23-18(26)11-25(19(14)27)21(30)24-16-5-2-12(3-6-16)20(28)29/h2-7,9,14H,8,10-11H2,1H3,(H,23,26)(H,24,30)(H,28,29). The number of hydrogen-bond acceptors (Lipinski definition) is 5. The summed E-state index contributed by atoms with van der Waals surface area (Å²) in [6.45, 7) is -0.370. The molecule has 0 aliphatic carbocycles. The molecule has 0 aromatic heterocycles. The second-order valence-electron chi connectivity index (χ2n) is 6.90. The number of imide groups is 1. The van der Waals surface area contributed by atoms with Crippen LogP contribution >= 0.6 is 11.6 Å². The normalized spacial score (nSPS) is 16.3. The van der Waals surface area contributed by atoms with E-state index in [2.05, 4.69) is 10.6 Å². The van der Waals surface area contributed by atoms with Crippen LogP contribution in [0.4, 0.5) is 10.5 Å². The number of urea groups is 1. The molecule has 31 heavy (non-hydrogen) atoms. The van der Waals surface area contributed by atoms with Crippen molar-refractivity contribution in [2.75, 3.05) is 25.5 Å². The highest BCUT2D eigenvalue weighted by Crippen LogP contribution is 2.26. The Morgan fingerprint density at radius 2 is 1.94 bits per heavy atom. The van der Waals surface area contributed by atoms with Crippen molar-refractivity contribution in [3.05, 3.63) is 58.6 Å². The largest absolute Gasteiger partial charge is 0.496 e. The molecule has 2 aromatic carbocycles. The fourth-order valence-electron chi connectivity index (χ4n) is 3.21. The van der Waals surface area contributed by atoms with E-state index >= 15 is 0 Å². The minimum atomic E-state index is -1.10. The molecule has 0 radical (unpaired) electrons. The summed E-state index contributed by atoms with van der Waals surface area (Å²) in [5.41, 5.74) is 1.02. The molecule has 1 aliphatic heterocycles. The molecule has 0 saturated carbocycles. The quantitative estimate of drug-likeness (QED) is 0.649. The molecule has 1 fully saturated rings. The van der Waals surface area contributed by atoms with Gasteiger partial charge in [-0.1, -0.05) is 11.6 Å². The van der Waals surface area contributed by atoms with Crippen molar-refractivity contribution in [2.24, 2.45) is 5.92 Å². The van der Waals surface area contributed by atoms with Gasteiger partial charge in [-0.15, -0.1) is 0 Å². The zero-order chi connectivity index (χ0) is 22.5. The number of halogens is 1. The molecule has 3 N–H and O–H groups in total. The third-order valence-corrected chi connectivity index (χ3v) is 5.03. The number of hydrogen-bond donors (Lipinski definition) is 3. The van der Waals surface area contributed by atoms with Crippen molar-refractivity contribution < 1.29 is 29.0 Å². The van der Waals surface area contributed by atoms with E-state index < -0.39 is 36.3 Å². The van der Waals surface area contributed by atoms with Crippen molar-refractivity contribution in [3.8, 4) is 5.75 Å². The Morgan fingerprint density at radius 3 is 2.58 bits per heavy atom. The molecule has 1 heterocycles. The lowest BCUT2D eigenvalue weighted by Gasteiger charge is -2.22. The lowest BCUT2D eigenvalue weighted by molar-refractivity contribution is -0.133. The molecule has 1 unspecified atom stereocenters. The summed E-state index contributed by atoms with van der Waals surface area (Å²) in [5.74, 6) is -2.26. The third kappa shape index (κ3) is 5.32. The van der Waals surface area contributed by atoms with Gasteiger partial charge in [0.2, 0.25) is 11.8 Å². The average molecular weight is 446 g/mol. The fourth-order valence-corrected chi connectivity index (χ4v) is 3.41. The summed E-state index contributed by atoms with van der Waals surface area (Å²) < 4.78 is 5.32. The Kier molecular flexibility index (Phi) is 6.76. The Morgan fingerprint density at radius 1 is 1.23 bits per heavy atom. The lowest BCUT2D eigenvalue weighted by atomic mass is 9.97. The maximum Gasteiger partial charge on any atom is 0.335 e. The van der Waals surface area contributed by atoms with E-state index in [0.29, 0.717) is 22.0 Å². The predicted molar refractivity (Wildman–Crippen MR) is 112 cm³/mol. The Hall–Kier alpha value is -3.59. The van der Waals surface area contributed by atoms with Crippen LogP contribution in [0.5, 0.6) is 5.75 Å². The molecule has 4 amide bonds. The Labute approximate surface area is 182 Å². The van der Waals surface area contributed by atoms with Crippen LogP contribution in [0, 0.1) is 5.92 Å². The van der Waals surface area contributed by atoms with Crippen LogP contribution in [0.15, 0.2) is 42.5 Å². The number of rotatable bonds is 5. The number of carbonyl (C=O) groups excluding carboxylic acids is 3. The van der Waals surface area contributed by atoms with Gasteiger partial charge in [0.25, 0.3) is 0 Å². The molecule has 2 aromatic rings. The van der Waals surface area contributed by atoms with Gasteiger partial charge in [0.1, 0.15) is 12.3 Å². The summed E-state index contributed by atoms with van der Waals surface area (Å²) in [7, 11) is 1.50. The zero-order valence-electron chi connectivity index (χ0n) is 16.6. The van der Waals surface area contributed by atoms with Crippen molar-refractivity contribution in [1.29, 1.82) is 0 Å². The van der Waals surface area contributed by atoms with E-state index in [1.165, 1.54) is 31.4 Å². The SMILES string of the molecule is COc1ccc(Cl)cc1CC1CNC(=O)CN(C(=O)Nc2ccc(C(=O)O)cc2)C1=O. The summed E-state index contributed by atoms with van der Waals surface area (Å²) in [5, 5.41) is 14.6. The van der Waals surface area contributed by atoms with Gasteiger partial charge in [-0.3, -0.25) is 14.5 Å². The van der Waals surface area contributed by atoms with Gasteiger partial charge in [-0.2, -0.15) is 0 Å². The maximum absolute atomic E-state index is 13.1. The Balaban J connectivity index is 1.78. The van der Waals surface area contributed by atoms with Crippen molar-refractivity contribution in [2.45, 2.75) is 6.42 Å². The third-order valence-electron chi connectivity index (χ3n) is 4.80. The van der Waals surface area contributed by atoms with Gasteiger partial charge in [0.15, 0.2) is 0 Å². The van der Waals surface area contributed by atoms with E-state index in [1.54, 1.807) is 18.2 Å². The van der Waals surface area contributed by atoms with Crippen molar-refractivity contribution >= 4 is 41.1 Å². The van der Waals surface area contributed by atoms with Crippen LogP contribution in [-0.2, 0) is 16.0 Å². The fraction of sp³-hybridized carbons (Fsp3) is 0.238. The van der Waals surface area contributed by atoms with Crippen molar-refractivity contribution in [3.63, 3.8) is 0 Å². The smallest absolute Gasteiger partial charge is 0.335 e. The van der Waals surface area contributed by atoms with Gasteiger partial charge in [0.05, 0.1) is 18.6 Å². The van der Waals surface area contributed by atoms with Crippen LogP contribution in [0.1, 0.15) is 15.9 Å². The first-order valence-electron chi connectivity index (χ1n) is 9.33. The highest BCUT2D eigenvalue weighted by atomic mass is 35.5. The molecule has 3 rings (SSSR count). The van der Waals surface area contributed by atoms with Crippen LogP contribution in [-0.4, -0.2) is 54.0 Å². The molecular weight excluding hydrogens is 426 g/mol. The van der Waals surface area contributed by atoms with Crippen LogP contribution in [0.25, 0.3) is 0 Å². The molecule has 10 heteroatoms. The van der Waals surface area contributed by atoms with E-state index in [-0.39, 0.29) is 18.5 Å². The number of nitrogens with zero attached hydrogens (tertiary/aromatic N) is 1. The van der Waals surface area contributed by atoms with E-state index in [9.17, 15) is 19.2 Å². The first-order chi connectivity index (χ1) is 14.8. The van der Waals surface area contributed by atoms with E-state index in [1.807, 2.05) is 0 Å². The summed E-state index contributed by atoms with van der Waals surface area (Å²) >= 11 is 6.06. The van der Waals surface area contributed by atoms with Crippen molar-refractivity contribution in [1.82, 2.24) is 10.2 Å². The monoisotopic (exact) mass is 445 g/mol. The number of carbonyl (C=O) groups is 4. The average Bonchev–Trinajstić information content (AvgIpc) is 2.88. The lowest BCUT2D eigenvalue weighted by Crippen LogP contribution is -2.44. The number of carboxylic acids is 1. The summed E-state index contributed by atoms with van der Waals surface area (Å²) in [4.78, 5) is 49.7. The van der Waals surface area contributed by atoms with Gasteiger partial charge in [-0.05, 0) is 54.4 Å². The minimum Gasteiger partial charge on any atom is -0.496 e. The Bertz CT molecular complexity index is 1020. The highest BCUT2D eigenvalue weighted by molar-refractivity contribution is 6.30. The van der Waals surface area contributed by atoms with E-state index in [0.717, 1.165) is 4.90 Å². The van der Waals surface area contributed by atoms with Gasteiger partial charge >= 0.3 is 12.0 Å². The molecule has 162 valence electrons. The number of aromatic carboxylic acids is 1. The van der Waals surface area contributed by atoms with Gasteiger partial charge in [-0.25, -0.2) is 9.59 Å². The number of ether oxygens (including phenoxy) is 1. The molecular formula is C21H20ClN3O6. The summed E-state index contributed by atoms with van der Waals surface area (Å²) in [6, 6.07) is 9.68. The van der Waals surface area contributed by atoms with Crippen LogP contribution in [0.2, 0.25) is 5.02 Å². The summed E-state index contributed by atoms with van der Waals surface area (Å²) in [6.07, 6.45) is 0.208. The van der Waals surface area contributed by atoms with E-state index in [4.69, 9.17) is 21.4 Å². The molecule has 1 saturated heterocycles. The van der Waals surface area contributed by atoms with Crippen LogP contribution < -0.4 is 15.4 Å². The second-order valence-corrected chi connectivity index (χ2v) is 7.33. The number of methoxy groups -OCH3 is 1. The molecule has 1 atom stereocenters. The molecule has 1 aliphatic rings. The zero-order valence-corrected chi connectivity index (χ0v) is 17.3. The predicted octanol–water partition coefficient (Wildman–Crippen LogP) is 2.40. The first kappa shape index (κ1) is 22.1. The number of amides is 4. The number of nitrogens with one attached hydrogen (secondary N) is 2. The number of benzene rings is 2. The minimum absolute atomic E-state index is 0.0544. The maximum atomic E-state index is 13.1.